The average Bonchev–Trinajstić information content (AvgIpc) is 3.36. The highest BCUT2D eigenvalue weighted by atomic mass is 16.5. The number of rotatable bonds is 3. The number of hydrogen-bond donors (Lipinski definition) is 1. The van der Waals surface area contributed by atoms with E-state index in [1.165, 1.54) is 32.1 Å². The van der Waals surface area contributed by atoms with Crippen LogP contribution in [-0.2, 0) is 4.74 Å². The second-order valence-electron chi connectivity index (χ2n) is 7.99. The van der Waals surface area contributed by atoms with Crippen LogP contribution in [0.5, 0.6) is 0 Å². The van der Waals surface area contributed by atoms with Crippen LogP contribution in [0.25, 0.3) is 11.1 Å². The van der Waals surface area contributed by atoms with Gasteiger partial charge in [-0.3, -0.25) is 0 Å². The summed E-state index contributed by atoms with van der Waals surface area (Å²) in [7, 11) is 0. The Balaban J connectivity index is 1.16. The largest absolute Gasteiger partial charge is 0.423 e. The second-order valence-corrected chi connectivity index (χ2v) is 7.99. The average molecular weight is 341 g/mol. The minimum Gasteiger partial charge on any atom is -0.423 e. The SMILES string of the molecule is c1ccc2oc(N3CCC(N[C@H]4COC5(CCCC5)C4)CC3)nc2c1. The molecule has 5 nitrogen and oxygen atoms in total. The van der Waals surface area contributed by atoms with Gasteiger partial charge in [0.15, 0.2) is 5.58 Å². The lowest BCUT2D eigenvalue weighted by atomic mass is 9.95. The normalized spacial score (nSPS) is 26.9. The van der Waals surface area contributed by atoms with Crippen molar-refractivity contribution in [1.29, 1.82) is 0 Å². The minimum absolute atomic E-state index is 0.219. The molecule has 3 heterocycles. The molecular weight excluding hydrogens is 314 g/mol. The van der Waals surface area contributed by atoms with Crippen LogP contribution in [0.3, 0.4) is 0 Å². The lowest BCUT2D eigenvalue weighted by Gasteiger charge is -2.33. The van der Waals surface area contributed by atoms with Gasteiger partial charge in [0.2, 0.25) is 0 Å². The van der Waals surface area contributed by atoms with E-state index in [-0.39, 0.29) is 5.60 Å². The van der Waals surface area contributed by atoms with Gasteiger partial charge in [0.05, 0.1) is 12.2 Å². The number of nitrogens with one attached hydrogen (secondary N) is 1. The van der Waals surface area contributed by atoms with E-state index >= 15 is 0 Å². The molecule has 5 rings (SSSR count). The summed E-state index contributed by atoms with van der Waals surface area (Å²) in [5, 5.41) is 3.86. The molecule has 3 fully saturated rings. The molecule has 1 aromatic carbocycles. The van der Waals surface area contributed by atoms with Gasteiger partial charge in [-0.15, -0.1) is 0 Å². The number of piperidine rings is 1. The van der Waals surface area contributed by atoms with Crippen LogP contribution < -0.4 is 10.2 Å². The number of para-hydroxylation sites is 2. The van der Waals surface area contributed by atoms with Gasteiger partial charge in [0, 0.05) is 25.2 Å². The molecule has 1 aliphatic carbocycles. The zero-order valence-corrected chi connectivity index (χ0v) is 14.7. The smallest absolute Gasteiger partial charge is 0.298 e. The van der Waals surface area contributed by atoms with Crippen LogP contribution in [0.4, 0.5) is 6.01 Å². The van der Waals surface area contributed by atoms with Crippen molar-refractivity contribution in [2.75, 3.05) is 24.6 Å². The molecule has 1 spiro atoms. The molecule has 2 saturated heterocycles. The van der Waals surface area contributed by atoms with E-state index in [9.17, 15) is 0 Å². The molecule has 1 atom stereocenters. The Morgan fingerprint density at radius 2 is 1.88 bits per heavy atom. The van der Waals surface area contributed by atoms with Crippen LogP contribution in [0.2, 0.25) is 0 Å². The summed E-state index contributed by atoms with van der Waals surface area (Å²) in [4.78, 5) is 6.91. The van der Waals surface area contributed by atoms with Gasteiger partial charge in [-0.2, -0.15) is 4.98 Å². The van der Waals surface area contributed by atoms with Crippen LogP contribution in [0.15, 0.2) is 28.7 Å². The zero-order chi connectivity index (χ0) is 16.7. The molecule has 134 valence electrons. The quantitative estimate of drug-likeness (QED) is 0.926. The molecule has 25 heavy (non-hydrogen) atoms. The fourth-order valence-corrected chi connectivity index (χ4v) is 4.89. The highest BCUT2D eigenvalue weighted by Crippen LogP contribution is 2.41. The van der Waals surface area contributed by atoms with Crippen LogP contribution in [-0.4, -0.2) is 42.4 Å². The Labute approximate surface area is 148 Å². The summed E-state index contributed by atoms with van der Waals surface area (Å²) in [5.74, 6) is 0. The topological polar surface area (TPSA) is 50.5 Å². The number of fused-ring (bicyclic) bond motifs is 1. The maximum Gasteiger partial charge on any atom is 0.298 e. The summed E-state index contributed by atoms with van der Waals surface area (Å²) < 4.78 is 12.1. The fraction of sp³-hybridized carbons (Fsp3) is 0.650. The van der Waals surface area contributed by atoms with Gasteiger partial charge in [-0.05, 0) is 44.2 Å². The maximum atomic E-state index is 6.18. The Hall–Kier alpha value is -1.59. The first kappa shape index (κ1) is 15.6. The first-order chi connectivity index (χ1) is 12.3. The van der Waals surface area contributed by atoms with E-state index in [1.807, 2.05) is 24.3 Å². The third-order valence-corrected chi connectivity index (χ3v) is 6.24. The molecule has 0 radical (unpaired) electrons. The van der Waals surface area contributed by atoms with E-state index < -0.39 is 0 Å². The summed E-state index contributed by atoms with van der Waals surface area (Å²) in [5.41, 5.74) is 2.04. The molecule has 5 heteroatoms. The predicted octanol–water partition coefficient (Wildman–Crippen LogP) is 3.49. The Bertz CT molecular complexity index is 696. The monoisotopic (exact) mass is 341 g/mol. The molecule has 0 unspecified atom stereocenters. The van der Waals surface area contributed by atoms with Gasteiger partial charge < -0.3 is 19.4 Å². The highest BCUT2D eigenvalue weighted by Gasteiger charge is 2.42. The van der Waals surface area contributed by atoms with E-state index in [2.05, 4.69) is 15.2 Å². The van der Waals surface area contributed by atoms with Crippen molar-refractivity contribution < 1.29 is 9.15 Å². The van der Waals surface area contributed by atoms with Gasteiger partial charge in [0.1, 0.15) is 5.52 Å². The van der Waals surface area contributed by atoms with E-state index in [0.717, 1.165) is 49.7 Å². The number of ether oxygens (including phenoxy) is 1. The maximum absolute atomic E-state index is 6.18. The van der Waals surface area contributed by atoms with Crippen molar-refractivity contribution in [3.8, 4) is 0 Å². The van der Waals surface area contributed by atoms with E-state index in [4.69, 9.17) is 9.15 Å². The summed E-state index contributed by atoms with van der Waals surface area (Å²) in [6.45, 7) is 2.90. The number of nitrogens with zero attached hydrogens (tertiary/aromatic N) is 2. The van der Waals surface area contributed by atoms with Crippen LogP contribution in [0, 0.1) is 0 Å². The molecule has 2 aliphatic heterocycles. The molecule has 2 aromatic rings. The summed E-state index contributed by atoms with van der Waals surface area (Å²) in [6.07, 6.45) is 8.71. The summed E-state index contributed by atoms with van der Waals surface area (Å²) >= 11 is 0. The first-order valence-corrected chi connectivity index (χ1v) is 9.80. The Kier molecular flexibility index (Phi) is 3.94. The van der Waals surface area contributed by atoms with Crippen molar-refractivity contribution >= 4 is 17.1 Å². The number of anilines is 1. The van der Waals surface area contributed by atoms with Crippen molar-refractivity contribution in [3.63, 3.8) is 0 Å². The molecule has 1 saturated carbocycles. The zero-order valence-electron chi connectivity index (χ0n) is 14.7. The third-order valence-electron chi connectivity index (χ3n) is 6.24. The molecule has 1 aromatic heterocycles. The standard InChI is InChI=1S/C20H27N3O2/c1-2-6-18-17(5-1)22-19(25-18)23-11-7-15(8-12-23)21-16-13-20(24-14-16)9-3-4-10-20/h1-2,5-6,15-16,21H,3-4,7-14H2/t16-/m1/s1. The van der Waals surface area contributed by atoms with Gasteiger partial charge >= 0.3 is 0 Å². The van der Waals surface area contributed by atoms with Crippen LogP contribution >= 0.6 is 0 Å². The van der Waals surface area contributed by atoms with Gasteiger partial charge in [-0.25, -0.2) is 0 Å². The molecule has 0 bridgehead atoms. The first-order valence-electron chi connectivity index (χ1n) is 9.80. The molecule has 3 aliphatic rings. The molecule has 1 N–H and O–H groups in total. The van der Waals surface area contributed by atoms with Crippen molar-refractivity contribution in [2.24, 2.45) is 0 Å². The van der Waals surface area contributed by atoms with Gasteiger partial charge in [0.25, 0.3) is 6.01 Å². The number of aromatic nitrogens is 1. The lowest BCUT2D eigenvalue weighted by Crippen LogP contribution is -2.46. The lowest BCUT2D eigenvalue weighted by molar-refractivity contribution is 0.00978. The minimum atomic E-state index is 0.219. The van der Waals surface area contributed by atoms with Crippen molar-refractivity contribution in [1.82, 2.24) is 10.3 Å². The van der Waals surface area contributed by atoms with Crippen molar-refractivity contribution in [2.45, 2.75) is 62.6 Å². The number of hydrogen-bond acceptors (Lipinski definition) is 5. The second kappa shape index (κ2) is 6.29. The van der Waals surface area contributed by atoms with E-state index in [1.54, 1.807) is 0 Å². The predicted molar refractivity (Wildman–Crippen MR) is 97.9 cm³/mol. The Morgan fingerprint density at radius 3 is 2.68 bits per heavy atom. The molecule has 0 amide bonds. The number of benzene rings is 1. The molecular formula is C20H27N3O2. The van der Waals surface area contributed by atoms with E-state index in [0.29, 0.717) is 12.1 Å². The number of oxazole rings is 1. The van der Waals surface area contributed by atoms with Gasteiger partial charge in [-0.1, -0.05) is 25.0 Å². The summed E-state index contributed by atoms with van der Waals surface area (Å²) in [6, 6.07) is 9.90. The Morgan fingerprint density at radius 1 is 1.08 bits per heavy atom. The van der Waals surface area contributed by atoms with Crippen molar-refractivity contribution in [3.05, 3.63) is 24.3 Å². The third kappa shape index (κ3) is 3.04. The van der Waals surface area contributed by atoms with Crippen LogP contribution in [0.1, 0.15) is 44.9 Å². The fourth-order valence-electron chi connectivity index (χ4n) is 4.89. The highest BCUT2D eigenvalue weighted by molar-refractivity contribution is 5.74.